The molecule has 0 heterocycles. The van der Waals surface area contributed by atoms with Crippen LogP contribution in [0, 0.1) is 0 Å². The van der Waals surface area contributed by atoms with E-state index in [-0.39, 0.29) is 6.04 Å². The quantitative estimate of drug-likeness (QED) is 0.727. The first-order valence-electron chi connectivity index (χ1n) is 5.80. The third-order valence-electron chi connectivity index (χ3n) is 2.50. The van der Waals surface area contributed by atoms with E-state index in [0.29, 0.717) is 19.8 Å². The van der Waals surface area contributed by atoms with Crippen molar-refractivity contribution in [2.45, 2.75) is 13.0 Å². The molecule has 0 aliphatic rings. The summed E-state index contributed by atoms with van der Waals surface area (Å²) in [6.07, 6.45) is 0. The van der Waals surface area contributed by atoms with E-state index in [9.17, 15) is 0 Å². The second kappa shape index (κ2) is 8.48. The highest BCUT2D eigenvalue weighted by molar-refractivity contribution is 6.31. The van der Waals surface area contributed by atoms with Crippen LogP contribution < -0.4 is 5.32 Å². The molecule has 0 spiro atoms. The van der Waals surface area contributed by atoms with Crippen LogP contribution in [0.25, 0.3) is 0 Å². The molecule has 0 aliphatic heterocycles. The number of benzene rings is 1. The molecule has 0 saturated heterocycles. The first kappa shape index (κ1) is 14.5. The number of hydrogen-bond acceptors (Lipinski definition) is 3. The van der Waals surface area contributed by atoms with Gasteiger partial charge in [0, 0.05) is 24.7 Å². The third kappa shape index (κ3) is 5.50. The van der Waals surface area contributed by atoms with Crippen LogP contribution in [0.4, 0.5) is 0 Å². The molecule has 1 atom stereocenters. The molecule has 0 saturated carbocycles. The fraction of sp³-hybridized carbons (Fsp3) is 0.538. The first-order valence-corrected chi connectivity index (χ1v) is 6.18. The lowest BCUT2D eigenvalue weighted by molar-refractivity contribution is 0.0712. The Morgan fingerprint density at radius 3 is 2.71 bits per heavy atom. The van der Waals surface area contributed by atoms with Crippen LogP contribution in [0.1, 0.15) is 18.5 Å². The Morgan fingerprint density at radius 2 is 2.00 bits per heavy atom. The molecule has 1 rings (SSSR count). The largest absolute Gasteiger partial charge is 0.382 e. The summed E-state index contributed by atoms with van der Waals surface area (Å²) in [6.45, 7) is 4.85. The molecule has 0 radical (unpaired) electrons. The number of nitrogens with one attached hydrogen (secondary N) is 1. The van der Waals surface area contributed by atoms with Crippen molar-refractivity contribution in [3.63, 3.8) is 0 Å². The molecular formula is C13H20ClNO2. The van der Waals surface area contributed by atoms with E-state index in [1.165, 1.54) is 0 Å². The molecule has 0 aromatic heterocycles. The van der Waals surface area contributed by atoms with Crippen molar-refractivity contribution in [3.05, 3.63) is 34.9 Å². The van der Waals surface area contributed by atoms with Crippen molar-refractivity contribution in [2.24, 2.45) is 0 Å². The summed E-state index contributed by atoms with van der Waals surface area (Å²) in [5, 5.41) is 4.17. The topological polar surface area (TPSA) is 30.5 Å². The Balaban J connectivity index is 2.21. The summed E-state index contributed by atoms with van der Waals surface area (Å²) in [4.78, 5) is 0. The first-order chi connectivity index (χ1) is 8.25. The SMILES string of the molecule is COCCOCCN[C@H](C)c1ccccc1Cl. The van der Waals surface area contributed by atoms with E-state index in [1.54, 1.807) is 7.11 Å². The van der Waals surface area contributed by atoms with Crippen LogP contribution in [0.15, 0.2) is 24.3 Å². The highest BCUT2D eigenvalue weighted by Gasteiger charge is 2.07. The van der Waals surface area contributed by atoms with Crippen molar-refractivity contribution in [1.29, 1.82) is 0 Å². The Bertz CT molecular complexity index is 320. The van der Waals surface area contributed by atoms with Crippen molar-refractivity contribution >= 4 is 11.6 Å². The fourth-order valence-corrected chi connectivity index (χ4v) is 1.83. The normalized spacial score (nSPS) is 12.6. The van der Waals surface area contributed by atoms with Gasteiger partial charge in [0.1, 0.15) is 0 Å². The van der Waals surface area contributed by atoms with Gasteiger partial charge in [-0.2, -0.15) is 0 Å². The molecule has 3 nitrogen and oxygen atoms in total. The van der Waals surface area contributed by atoms with E-state index in [4.69, 9.17) is 21.1 Å². The van der Waals surface area contributed by atoms with Crippen LogP contribution in [0.5, 0.6) is 0 Å². The molecule has 4 heteroatoms. The summed E-state index contributed by atoms with van der Waals surface area (Å²) in [5.74, 6) is 0. The van der Waals surface area contributed by atoms with Gasteiger partial charge >= 0.3 is 0 Å². The maximum atomic E-state index is 6.11. The lowest BCUT2D eigenvalue weighted by Crippen LogP contribution is -2.24. The minimum absolute atomic E-state index is 0.231. The Labute approximate surface area is 108 Å². The summed E-state index contributed by atoms with van der Waals surface area (Å²) in [6, 6.07) is 8.10. The lowest BCUT2D eigenvalue weighted by Gasteiger charge is -2.15. The number of halogens is 1. The zero-order chi connectivity index (χ0) is 12.5. The molecule has 1 aromatic rings. The number of hydrogen-bond donors (Lipinski definition) is 1. The predicted molar refractivity (Wildman–Crippen MR) is 70.6 cm³/mol. The fourth-order valence-electron chi connectivity index (χ4n) is 1.53. The van der Waals surface area contributed by atoms with Crippen LogP contribution in [0.2, 0.25) is 5.02 Å². The summed E-state index contributed by atoms with van der Waals surface area (Å²) < 4.78 is 10.3. The second-order valence-electron chi connectivity index (χ2n) is 3.80. The molecule has 96 valence electrons. The van der Waals surface area contributed by atoms with Crippen LogP contribution >= 0.6 is 11.6 Å². The monoisotopic (exact) mass is 257 g/mol. The number of methoxy groups -OCH3 is 1. The van der Waals surface area contributed by atoms with E-state index >= 15 is 0 Å². The lowest BCUT2D eigenvalue weighted by atomic mass is 10.1. The number of ether oxygens (including phenoxy) is 2. The zero-order valence-electron chi connectivity index (χ0n) is 10.4. The van der Waals surface area contributed by atoms with Gasteiger partial charge in [-0.15, -0.1) is 0 Å². The molecule has 17 heavy (non-hydrogen) atoms. The van der Waals surface area contributed by atoms with E-state index < -0.39 is 0 Å². The molecule has 1 aromatic carbocycles. The highest BCUT2D eigenvalue weighted by Crippen LogP contribution is 2.21. The number of rotatable bonds is 8. The van der Waals surface area contributed by atoms with Crippen molar-refractivity contribution in [2.75, 3.05) is 33.5 Å². The van der Waals surface area contributed by atoms with Gasteiger partial charge in [0.05, 0.1) is 19.8 Å². The highest BCUT2D eigenvalue weighted by atomic mass is 35.5. The summed E-state index contributed by atoms with van der Waals surface area (Å²) >= 11 is 6.11. The van der Waals surface area contributed by atoms with Gasteiger partial charge in [0.25, 0.3) is 0 Å². The molecule has 0 aliphatic carbocycles. The average molecular weight is 258 g/mol. The molecule has 0 amide bonds. The predicted octanol–water partition coefficient (Wildman–Crippen LogP) is 2.65. The second-order valence-corrected chi connectivity index (χ2v) is 4.21. The molecule has 0 bridgehead atoms. The minimum Gasteiger partial charge on any atom is -0.382 e. The van der Waals surface area contributed by atoms with Gasteiger partial charge < -0.3 is 14.8 Å². The van der Waals surface area contributed by atoms with Crippen molar-refractivity contribution in [1.82, 2.24) is 5.32 Å². The Hall–Kier alpha value is -0.610. The standard InChI is InChI=1S/C13H20ClNO2/c1-11(12-5-3-4-6-13(12)14)15-7-8-17-10-9-16-2/h3-6,11,15H,7-10H2,1-2H3/t11-/m1/s1. The molecular weight excluding hydrogens is 238 g/mol. The molecule has 0 fully saturated rings. The minimum atomic E-state index is 0.231. The van der Waals surface area contributed by atoms with E-state index in [0.717, 1.165) is 17.1 Å². The van der Waals surface area contributed by atoms with Gasteiger partial charge in [-0.3, -0.25) is 0 Å². The van der Waals surface area contributed by atoms with Gasteiger partial charge in [0.2, 0.25) is 0 Å². The summed E-state index contributed by atoms with van der Waals surface area (Å²) in [5.41, 5.74) is 1.12. The van der Waals surface area contributed by atoms with Crippen LogP contribution in [0.3, 0.4) is 0 Å². The van der Waals surface area contributed by atoms with Crippen LogP contribution in [-0.2, 0) is 9.47 Å². The van der Waals surface area contributed by atoms with Gasteiger partial charge in [0.15, 0.2) is 0 Å². The maximum Gasteiger partial charge on any atom is 0.0700 e. The molecule has 0 unspecified atom stereocenters. The zero-order valence-corrected chi connectivity index (χ0v) is 11.2. The van der Waals surface area contributed by atoms with Crippen molar-refractivity contribution in [3.8, 4) is 0 Å². The van der Waals surface area contributed by atoms with Crippen molar-refractivity contribution < 1.29 is 9.47 Å². The maximum absolute atomic E-state index is 6.11. The average Bonchev–Trinajstić information content (AvgIpc) is 2.34. The Morgan fingerprint density at radius 1 is 1.24 bits per heavy atom. The third-order valence-corrected chi connectivity index (χ3v) is 2.84. The molecule has 1 N–H and O–H groups in total. The van der Waals surface area contributed by atoms with Gasteiger partial charge in [-0.1, -0.05) is 29.8 Å². The summed E-state index contributed by atoms with van der Waals surface area (Å²) in [7, 11) is 1.67. The van der Waals surface area contributed by atoms with Gasteiger partial charge in [-0.25, -0.2) is 0 Å². The Kier molecular flexibility index (Phi) is 7.21. The van der Waals surface area contributed by atoms with E-state index in [2.05, 4.69) is 12.2 Å². The van der Waals surface area contributed by atoms with Crippen LogP contribution in [-0.4, -0.2) is 33.5 Å². The smallest absolute Gasteiger partial charge is 0.0700 e. The van der Waals surface area contributed by atoms with E-state index in [1.807, 2.05) is 24.3 Å². The van der Waals surface area contributed by atoms with Gasteiger partial charge in [-0.05, 0) is 18.6 Å².